The van der Waals surface area contributed by atoms with E-state index in [0.29, 0.717) is 0 Å². The van der Waals surface area contributed by atoms with Crippen molar-refractivity contribution in [3.63, 3.8) is 0 Å². The molecule has 42 heavy (non-hydrogen) atoms. The second-order valence-electron chi connectivity index (χ2n) is 9.78. The van der Waals surface area contributed by atoms with Crippen LogP contribution in [0.2, 0.25) is 0 Å². The highest BCUT2D eigenvalue weighted by molar-refractivity contribution is 5.91. The van der Waals surface area contributed by atoms with Crippen LogP contribution in [0.5, 0.6) is 0 Å². The zero-order valence-corrected chi connectivity index (χ0v) is 22.6. The molecule has 3 aromatic carbocycles. The van der Waals surface area contributed by atoms with Crippen molar-refractivity contribution in [1.29, 1.82) is 0 Å². The molecule has 0 bridgehead atoms. The molecule has 5 rings (SSSR count). The molecule has 0 radical (unpaired) electrons. The molecular weight excluding hydrogens is 544 g/mol. The minimum Gasteiger partial charge on any atom is -0.448 e. The topological polar surface area (TPSA) is 143 Å². The van der Waals surface area contributed by atoms with Gasteiger partial charge in [0.2, 0.25) is 18.0 Å². The van der Waals surface area contributed by atoms with Crippen LogP contribution in [-0.4, -0.2) is 45.5 Å². The maximum atomic E-state index is 13.4. The van der Waals surface area contributed by atoms with Gasteiger partial charge < -0.3 is 18.9 Å². The van der Waals surface area contributed by atoms with Crippen LogP contribution in [0, 0.1) is 0 Å². The SMILES string of the molecule is CC1(OC(=O)c2ccccc2)C(OC(=O)c2ccccc2)C(OC(=O)c2ccccc2)OC1(C)n1ccc(=O)[nH]c1=O. The van der Waals surface area contributed by atoms with Crippen molar-refractivity contribution in [2.45, 2.75) is 37.6 Å². The predicted octanol–water partition coefficient (Wildman–Crippen LogP) is 3.26. The molecule has 11 nitrogen and oxygen atoms in total. The lowest BCUT2D eigenvalue weighted by Gasteiger charge is -2.40. The number of H-pyrrole nitrogens is 1. The normalized spacial score (nSPS) is 23.1. The smallest absolute Gasteiger partial charge is 0.340 e. The van der Waals surface area contributed by atoms with E-state index in [4.69, 9.17) is 18.9 Å². The number of aromatic amines is 1. The third-order valence-corrected chi connectivity index (χ3v) is 7.13. The van der Waals surface area contributed by atoms with Gasteiger partial charge in [-0.15, -0.1) is 0 Å². The molecule has 11 heteroatoms. The van der Waals surface area contributed by atoms with Crippen molar-refractivity contribution in [2.24, 2.45) is 0 Å². The van der Waals surface area contributed by atoms with Gasteiger partial charge in [-0.25, -0.2) is 19.2 Å². The number of hydrogen-bond acceptors (Lipinski definition) is 9. The summed E-state index contributed by atoms with van der Waals surface area (Å²) in [7, 11) is 0. The Balaban J connectivity index is 1.64. The van der Waals surface area contributed by atoms with E-state index in [1.54, 1.807) is 54.6 Å². The van der Waals surface area contributed by atoms with Crippen LogP contribution in [0.25, 0.3) is 0 Å². The number of hydrogen-bond donors (Lipinski definition) is 1. The van der Waals surface area contributed by atoms with E-state index < -0.39 is 52.9 Å². The first kappa shape index (κ1) is 28.2. The predicted molar refractivity (Wildman–Crippen MR) is 148 cm³/mol. The molecule has 1 aromatic heterocycles. The molecule has 4 atom stereocenters. The average Bonchev–Trinajstić information content (AvgIpc) is 3.19. The highest BCUT2D eigenvalue weighted by Gasteiger charge is 2.69. The van der Waals surface area contributed by atoms with Gasteiger partial charge in [-0.2, -0.15) is 0 Å². The maximum Gasteiger partial charge on any atom is 0.340 e. The minimum atomic E-state index is -2.01. The van der Waals surface area contributed by atoms with Crippen molar-refractivity contribution in [3.8, 4) is 0 Å². The third kappa shape index (κ3) is 5.25. The Kier molecular flexibility index (Phi) is 7.60. The largest absolute Gasteiger partial charge is 0.448 e. The van der Waals surface area contributed by atoms with E-state index in [1.807, 2.05) is 0 Å². The molecule has 1 N–H and O–H groups in total. The van der Waals surface area contributed by atoms with Crippen molar-refractivity contribution in [3.05, 3.63) is 141 Å². The number of aromatic nitrogens is 2. The minimum absolute atomic E-state index is 0.160. The Bertz CT molecular complexity index is 1720. The van der Waals surface area contributed by atoms with Gasteiger partial charge in [0.25, 0.3) is 5.56 Å². The number of carbonyl (C=O) groups excluding carboxylic acids is 3. The lowest BCUT2D eigenvalue weighted by Crippen LogP contribution is -2.60. The molecule has 0 aliphatic carbocycles. The number of nitrogens with one attached hydrogen (secondary N) is 1. The Hall–Kier alpha value is -5.29. The zero-order chi connectivity index (χ0) is 29.9. The molecular formula is C31H26N2O9. The van der Waals surface area contributed by atoms with E-state index >= 15 is 0 Å². The monoisotopic (exact) mass is 570 g/mol. The third-order valence-electron chi connectivity index (χ3n) is 7.13. The zero-order valence-electron chi connectivity index (χ0n) is 22.6. The van der Waals surface area contributed by atoms with Gasteiger partial charge in [0.1, 0.15) is 0 Å². The van der Waals surface area contributed by atoms with Crippen molar-refractivity contribution < 1.29 is 33.3 Å². The molecule has 0 spiro atoms. The molecule has 2 heterocycles. The van der Waals surface area contributed by atoms with Crippen LogP contribution < -0.4 is 11.2 Å². The van der Waals surface area contributed by atoms with E-state index in [2.05, 4.69) is 4.98 Å². The summed E-state index contributed by atoms with van der Waals surface area (Å²) in [5.41, 5.74) is -5.07. The second-order valence-corrected chi connectivity index (χ2v) is 9.78. The Morgan fingerprint density at radius 3 is 1.69 bits per heavy atom. The standard InChI is InChI=1S/C31H26N2O9/c1-30(41-27(37)22-16-10-5-11-17-22)24(39-25(35)20-12-6-3-7-13-20)28(40-26(36)21-14-8-4-9-15-21)42-31(30,2)33-19-18-23(34)32-29(33)38/h3-19,24,28H,1-2H3,(H,32,34,38). The number of esters is 3. The molecule has 214 valence electrons. The van der Waals surface area contributed by atoms with Crippen LogP contribution in [-0.2, 0) is 24.7 Å². The summed E-state index contributed by atoms with van der Waals surface area (Å²) >= 11 is 0. The maximum absolute atomic E-state index is 13.4. The first-order valence-electron chi connectivity index (χ1n) is 12.9. The number of benzene rings is 3. The molecule has 1 aliphatic rings. The Morgan fingerprint density at radius 1 is 0.714 bits per heavy atom. The quantitative estimate of drug-likeness (QED) is 0.262. The van der Waals surface area contributed by atoms with E-state index in [-0.39, 0.29) is 16.7 Å². The van der Waals surface area contributed by atoms with Crippen LogP contribution in [0.3, 0.4) is 0 Å². The number of rotatable bonds is 7. The van der Waals surface area contributed by atoms with Gasteiger partial charge in [-0.05, 0) is 50.2 Å². The van der Waals surface area contributed by atoms with Crippen LogP contribution >= 0.6 is 0 Å². The highest BCUT2D eigenvalue weighted by Crippen LogP contribution is 2.48. The summed E-state index contributed by atoms with van der Waals surface area (Å²) in [5.74, 6) is -2.48. The molecule has 1 fully saturated rings. The average molecular weight is 571 g/mol. The fraction of sp³-hybridized carbons (Fsp3) is 0.194. The first-order valence-corrected chi connectivity index (χ1v) is 12.9. The molecule has 1 aliphatic heterocycles. The molecule has 0 saturated carbocycles. The van der Waals surface area contributed by atoms with E-state index in [0.717, 1.165) is 16.8 Å². The fourth-order valence-corrected chi connectivity index (χ4v) is 4.72. The lowest BCUT2D eigenvalue weighted by molar-refractivity contribution is -0.206. The van der Waals surface area contributed by atoms with Crippen LogP contribution in [0.15, 0.2) is 113 Å². The molecule has 4 unspecified atom stereocenters. The second kappa shape index (κ2) is 11.3. The van der Waals surface area contributed by atoms with Gasteiger partial charge in [0.05, 0.1) is 16.7 Å². The van der Waals surface area contributed by atoms with Gasteiger partial charge in [-0.1, -0.05) is 54.6 Å². The van der Waals surface area contributed by atoms with Gasteiger partial charge in [-0.3, -0.25) is 14.3 Å². The summed E-state index contributed by atoms with van der Waals surface area (Å²) in [5, 5.41) is 0. The number of carbonyl (C=O) groups is 3. The molecule has 1 saturated heterocycles. The molecule has 0 amide bonds. The first-order chi connectivity index (χ1) is 20.1. The number of ether oxygens (including phenoxy) is 4. The summed E-state index contributed by atoms with van der Waals surface area (Å²) in [6.45, 7) is 2.79. The fourth-order valence-electron chi connectivity index (χ4n) is 4.72. The van der Waals surface area contributed by atoms with E-state index in [9.17, 15) is 24.0 Å². The highest BCUT2D eigenvalue weighted by atomic mass is 16.8. The van der Waals surface area contributed by atoms with Crippen molar-refractivity contribution in [2.75, 3.05) is 0 Å². The Labute approximate surface area is 239 Å². The summed E-state index contributed by atoms with van der Waals surface area (Å²) in [6.07, 6.45) is -2.11. The molecule has 4 aromatic rings. The summed E-state index contributed by atoms with van der Waals surface area (Å²) in [4.78, 5) is 67.0. The lowest BCUT2D eigenvalue weighted by atomic mass is 9.89. The van der Waals surface area contributed by atoms with E-state index in [1.165, 1.54) is 50.2 Å². The van der Waals surface area contributed by atoms with Crippen molar-refractivity contribution in [1.82, 2.24) is 9.55 Å². The number of nitrogens with zero attached hydrogens (tertiary/aromatic N) is 1. The van der Waals surface area contributed by atoms with Crippen molar-refractivity contribution >= 4 is 17.9 Å². The Morgan fingerprint density at radius 2 is 1.19 bits per heavy atom. The van der Waals surface area contributed by atoms with Crippen LogP contribution in [0.4, 0.5) is 0 Å². The van der Waals surface area contributed by atoms with Gasteiger partial charge in [0, 0.05) is 12.3 Å². The summed E-state index contributed by atoms with van der Waals surface area (Å²) < 4.78 is 24.8. The van der Waals surface area contributed by atoms with Gasteiger partial charge in [0.15, 0.2) is 5.72 Å². The van der Waals surface area contributed by atoms with Crippen LogP contribution in [0.1, 0.15) is 44.9 Å². The van der Waals surface area contributed by atoms with Gasteiger partial charge >= 0.3 is 23.6 Å². The summed E-state index contributed by atoms with van der Waals surface area (Å²) in [6, 6.07) is 25.1.